The highest BCUT2D eigenvalue weighted by Gasteiger charge is 2.36. The summed E-state index contributed by atoms with van der Waals surface area (Å²) in [6.45, 7) is 4.75. The third-order valence-corrected chi connectivity index (χ3v) is 13.7. The average Bonchev–Trinajstić information content (AvgIpc) is 3.89. The fourth-order valence-corrected chi connectivity index (χ4v) is 11.0. The first-order chi connectivity index (χ1) is 28.5. The van der Waals surface area contributed by atoms with E-state index in [2.05, 4.69) is 217 Å². The van der Waals surface area contributed by atoms with Gasteiger partial charge in [0, 0.05) is 59.0 Å². The van der Waals surface area contributed by atoms with Crippen LogP contribution in [0.2, 0.25) is 0 Å². The van der Waals surface area contributed by atoms with Crippen LogP contribution in [0.4, 0.5) is 17.1 Å². The number of thiophene rings is 1. The Morgan fingerprint density at radius 1 is 0.466 bits per heavy atom. The number of benzene rings is 9. The van der Waals surface area contributed by atoms with E-state index in [0.717, 1.165) is 22.7 Å². The Balaban J connectivity index is 1.19. The van der Waals surface area contributed by atoms with Gasteiger partial charge in [0.25, 0.3) is 0 Å². The number of fused-ring (bicyclic) bond motifs is 10. The van der Waals surface area contributed by atoms with E-state index in [0.29, 0.717) is 0 Å². The molecular weight excluding hydrogens is 721 g/mol. The number of hydrogen-bond donors (Lipinski definition) is 0. The molecule has 9 aromatic carbocycles. The lowest BCUT2D eigenvalue weighted by atomic mass is 9.82. The summed E-state index contributed by atoms with van der Waals surface area (Å²) in [5.74, 6) is 0. The fraction of sp³-hybridized carbons (Fsp3) is 0.0545. The molecule has 0 amide bonds. The van der Waals surface area contributed by atoms with Gasteiger partial charge in [-0.3, -0.25) is 0 Å². The van der Waals surface area contributed by atoms with Crippen molar-refractivity contribution in [3.63, 3.8) is 0 Å². The van der Waals surface area contributed by atoms with Crippen LogP contribution in [-0.2, 0) is 5.41 Å². The molecule has 2 aromatic heterocycles. The van der Waals surface area contributed by atoms with E-state index < -0.39 is 0 Å². The quantitative estimate of drug-likeness (QED) is 0.170. The molecular formula is C55H38N2S. The van der Waals surface area contributed by atoms with Crippen LogP contribution in [0.25, 0.3) is 80.7 Å². The van der Waals surface area contributed by atoms with Crippen molar-refractivity contribution in [3.8, 4) is 27.9 Å². The fourth-order valence-electron chi connectivity index (χ4n) is 9.84. The third-order valence-electron chi connectivity index (χ3n) is 12.6. The van der Waals surface area contributed by atoms with Gasteiger partial charge in [-0.2, -0.15) is 0 Å². The zero-order chi connectivity index (χ0) is 38.5. The summed E-state index contributed by atoms with van der Waals surface area (Å²) < 4.78 is 5.02. The second kappa shape index (κ2) is 12.5. The summed E-state index contributed by atoms with van der Waals surface area (Å²) in [5, 5.41) is 7.55. The minimum absolute atomic E-state index is 0.147. The monoisotopic (exact) mass is 758 g/mol. The van der Waals surface area contributed by atoms with E-state index in [1.165, 1.54) is 86.1 Å². The normalized spacial score (nSPS) is 13.1. The van der Waals surface area contributed by atoms with Gasteiger partial charge in [0.2, 0.25) is 0 Å². The van der Waals surface area contributed by atoms with E-state index in [9.17, 15) is 0 Å². The van der Waals surface area contributed by atoms with Crippen LogP contribution in [0.1, 0.15) is 25.0 Å². The first-order valence-electron chi connectivity index (χ1n) is 20.1. The second-order valence-electron chi connectivity index (χ2n) is 16.1. The number of rotatable bonds is 5. The standard InChI is InChI=1S/C55H38N2S/c1-55(2)46-21-11-8-18-41(46)42-28-26-39(33-47(42)55)56(40-27-29-44-43-19-9-12-22-48(43)57(50(44)34-40)38-16-4-3-5-17-38)49-30-31-52-54(45-20-10-13-23-51(45)58-52)53(49)37-25-24-35-14-6-7-15-36(35)32-37/h3-34H,1-2H3. The molecule has 11 aromatic rings. The van der Waals surface area contributed by atoms with E-state index in [4.69, 9.17) is 0 Å². The molecule has 1 aliphatic carbocycles. The summed E-state index contributed by atoms with van der Waals surface area (Å²) in [6, 6.07) is 72.1. The number of hydrogen-bond acceptors (Lipinski definition) is 2. The van der Waals surface area contributed by atoms with Gasteiger partial charge in [-0.25, -0.2) is 0 Å². The third kappa shape index (κ3) is 4.84. The molecule has 0 bridgehead atoms. The number of aromatic nitrogens is 1. The lowest BCUT2D eigenvalue weighted by Gasteiger charge is -2.30. The lowest BCUT2D eigenvalue weighted by Crippen LogP contribution is -2.17. The zero-order valence-electron chi connectivity index (χ0n) is 32.3. The van der Waals surface area contributed by atoms with Crippen molar-refractivity contribution in [2.45, 2.75) is 19.3 Å². The summed E-state index contributed by atoms with van der Waals surface area (Å²) in [7, 11) is 0. The Morgan fingerprint density at radius 3 is 2.05 bits per heavy atom. The van der Waals surface area contributed by atoms with Crippen LogP contribution in [0.5, 0.6) is 0 Å². The van der Waals surface area contributed by atoms with Gasteiger partial charge in [0.05, 0.1) is 16.7 Å². The molecule has 0 spiro atoms. The second-order valence-corrected chi connectivity index (χ2v) is 17.2. The van der Waals surface area contributed by atoms with Gasteiger partial charge < -0.3 is 9.47 Å². The summed E-state index contributed by atoms with van der Waals surface area (Å²) >= 11 is 1.88. The highest BCUT2D eigenvalue weighted by Crippen LogP contribution is 2.53. The highest BCUT2D eigenvalue weighted by molar-refractivity contribution is 7.26. The van der Waals surface area contributed by atoms with Crippen molar-refractivity contribution in [1.82, 2.24) is 4.57 Å². The summed E-state index contributed by atoms with van der Waals surface area (Å²) in [6.07, 6.45) is 0. The van der Waals surface area contributed by atoms with Crippen LogP contribution >= 0.6 is 11.3 Å². The lowest BCUT2D eigenvalue weighted by molar-refractivity contribution is 0.660. The summed E-state index contributed by atoms with van der Waals surface area (Å²) in [5.41, 5.74) is 14.6. The molecule has 12 rings (SSSR count). The van der Waals surface area contributed by atoms with Crippen molar-refractivity contribution in [1.29, 1.82) is 0 Å². The molecule has 0 fully saturated rings. The number of nitrogens with zero attached hydrogens (tertiary/aromatic N) is 2. The zero-order valence-corrected chi connectivity index (χ0v) is 33.1. The van der Waals surface area contributed by atoms with Crippen molar-refractivity contribution in [2.24, 2.45) is 0 Å². The van der Waals surface area contributed by atoms with Gasteiger partial charge in [-0.1, -0.05) is 141 Å². The maximum absolute atomic E-state index is 2.53. The Hall–Kier alpha value is -6.94. The first-order valence-corrected chi connectivity index (χ1v) is 20.9. The molecule has 0 aliphatic heterocycles. The molecule has 2 heterocycles. The predicted octanol–water partition coefficient (Wildman–Crippen LogP) is 15.7. The smallest absolute Gasteiger partial charge is 0.0561 e. The number of para-hydroxylation sites is 2. The van der Waals surface area contributed by atoms with Crippen molar-refractivity contribution < 1.29 is 0 Å². The molecule has 0 radical (unpaired) electrons. The molecule has 0 saturated carbocycles. The minimum atomic E-state index is -0.147. The SMILES string of the molecule is CC1(C)c2ccccc2-c2ccc(N(c3ccc4c5ccccc5n(-c5ccccc5)c4c3)c3ccc4sc5ccccc5c4c3-c3ccc4ccccc4c3)cc21. The maximum Gasteiger partial charge on any atom is 0.0561 e. The summed E-state index contributed by atoms with van der Waals surface area (Å²) in [4.78, 5) is 2.53. The van der Waals surface area contributed by atoms with Gasteiger partial charge in [0.1, 0.15) is 0 Å². The molecule has 1 aliphatic rings. The predicted molar refractivity (Wildman–Crippen MR) is 249 cm³/mol. The molecule has 0 atom stereocenters. The van der Waals surface area contributed by atoms with E-state index in [-0.39, 0.29) is 5.41 Å². The van der Waals surface area contributed by atoms with E-state index in [1.807, 2.05) is 11.3 Å². The molecule has 0 saturated heterocycles. The molecule has 58 heavy (non-hydrogen) atoms. The topological polar surface area (TPSA) is 8.17 Å². The van der Waals surface area contributed by atoms with Crippen LogP contribution in [0, 0.1) is 0 Å². The Labute approximate surface area is 341 Å². The minimum Gasteiger partial charge on any atom is -0.310 e. The Kier molecular flexibility index (Phi) is 7.18. The molecule has 2 nitrogen and oxygen atoms in total. The van der Waals surface area contributed by atoms with E-state index >= 15 is 0 Å². The first kappa shape index (κ1) is 33.2. The van der Waals surface area contributed by atoms with Crippen LogP contribution in [0.15, 0.2) is 194 Å². The number of anilines is 3. The van der Waals surface area contributed by atoms with Gasteiger partial charge >= 0.3 is 0 Å². The van der Waals surface area contributed by atoms with Crippen LogP contribution in [-0.4, -0.2) is 4.57 Å². The van der Waals surface area contributed by atoms with Gasteiger partial charge in [-0.15, -0.1) is 11.3 Å². The molecule has 0 N–H and O–H groups in total. The van der Waals surface area contributed by atoms with Gasteiger partial charge in [-0.05, 0) is 105 Å². The molecule has 3 heteroatoms. The Morgan fingerprint density at radius 2 is 1.16 bits per heavy atom. The Bertz CT molecular complexity index is 3440. The van der Waals surface area contributed by atoms with E-state index in [1.54, 1.807) is 0 Å². The average molecular weight is 759 g/mol. The van der Waals surface area contributed by atoms with Crippen molar-refractivity contribution >= 4 is 81.1 Å². The molecule has 274 valence electrons. The van der Waals surface area contributed by atoms with Crippen molar-refractivity contribution in [2.75, 3.05) is 4.90 Å². The van der Waals surface area contributed by atoms with Crippen molar-refractivity contribution in [3.05, 3.63) is 205 Å². The van der Waals surface area contributed by atoms with Crippen LogP contribution < -0.4 is 4.90 Å². The van der Waals surface area contributed by atoms with Crippen LogP contribution in [0.3, 0.4) is 0 Å². The largest absolute Gasteiger partial charge is 0.310 e. The maximum atomic E-state index is 2.53. The molecule has 0 unspecified atom stereocenters. The van der Waals surface area contributed by atoms with Gasteiger partial charge in [0.15, 0.2) is 0 Å². The highest BCUT2D eigenvalue weighted by atomic mass is 32.1.